The van der Waals surface area contributed by atoms with E-state index in [0.717, 1.165) is 30.0 Å². The third-order valence-corrected chi connectivity index (χ3v) is 4.42. The standard InChI is InChI=1S/C20H26N2O4/c1-15-10-16(2)12-17(11-15)26-14-20(23)21-13-18(19-4-3-7-25-19)22-5-8-24-9-6-22/h3-4,7,10-12,18H,5-6,8-9,13-14H2,1-2H3,(H,21,23). The van der Waals surface area contributed by atoms with Crippen LogP contribution in [-0.4, -0.2) is 50.3 Å². The van der Waals surface area contributed by atoms with Crippen LogP contribution in [0.15, 0.2) is 41.0 Å². The van der Waals surface area contributed by atoms with Gasteiger partial charge in [0.05, 0.1) is 25.5 Å². The summed E-state index contributed by atoms with van der Waals surface area (Å²) in [5.74, 6) is 1.42. The van der Waals surface area contributed by atoms with Gasteiger partial charge in [0.15, 0.2) is 6.61 Å². The molecule has 0 aliphatic carbocycles. The molecule has 0 spiro atoms. The van der Waals surface area contributed by atoms with Gasteiger partial charge >= 0.3 is 0 Å². The SMILES string of the molecule is Cc1cc(C)cc(OCC(=O)NCC(c2ccco2)N2CCOCC2)c1. The predicted octanol–water partition coefficient (Wildman–Crippen LogP) is 2.46. The lowest BCUT2D eigenvalue weighted by Gasteiger charge is -2.33. The molecule has 26 heavy (non-hydrogen) atoms. The van der Waals surface area contributed by atoms with E-state index in [9.17, 15) is 4.79 Å². The molecule has 1 aliphatic rings. The first kappa shape index (κ1) is 18.5. The van der Waals surface area contributed by atoms with E-state index in [1.165, 1.54) is 0 Å². The Morgan fingerprint density at radius 2 is 1.96 bits per heavy atom. The van der Waals surface area contributed by atoms with Crippen molar-refractivity contribution in [2.24, 2.45) is 0 Å². The van der Waals surface area contributed by atoms with Gasteiger partial charge in [-0.05, 0) is 49.2 Å². The molecule has 1 unspecified atom stereocenters. The number of nitrogens with zero attached hydrogens (tertiary/aromatic N) is 1. The van der Waals surface area contributed by atoms with Crippen molar-refractivity contribution < 1.29 is 18.7 Å². The molecular weight excluding hydrogens is 332 g/mol. The van der Waals surface area contributed by atoms with E-state index in [1.54, 1.807) is 6.26 Å². The number of ether oxygens (including phenoxy) is 2. The Hall–Kier alpha value is -2.31. The molecule has 2 heterocycles. The highest BCUT2D eigenvalue weighted by Crippen LogP contribution is 2.21. The minimum Gasteiger partial charge on any atom is -0.484 e. The van der Waals surface area contributed by atoms with Crippen LogP contribution < -0.4 is 10.1 Å². The summed E-state index contributed by atoms with van der Waals surface area (Å²) in [6.45, 7) is 7.52. The molecule has 2 aromatic rings. The monoisotopic (exact) mass is 358 g/mol. The summed E-state index contributed by atoms with van der Waals surface area (Å²) in [5, 5.41) is 2.96. The molecule has 1 fully saturated rings. The Balaban J connectivity index is 1.53. The van der Waals surface area contributed by atoms with Crippen LogP contribution in [0.5, 0.6) is 5.75 Å². The zero-order valence-corrected chi connectivity index (χ0v) is 15.4. The third-order valence-electron chi connectivity index (χ3n) is 4.42. The number of nitrogens with one attached hydrogen (secondary N) is 1. The summed E-state index contributed by atoms with van der Waals surface area (Å²) >= 11 is 0. The second kappa shape index (κ2) is 8.87. The first-order valence-corrected chi connectivity index (χ1v) is 8.95. The molecule has 1 atom stereocenters. The van der Waals surface area contributed by atoms with Crippen molar-refractivity contribution in [1.29, 1.82) is 0 Å². The lowest BCUT2D eigenvalue weighted by Crippen LogP contribution is -2.44. The van der Waals surface area contributed by atoms with Crippen molar-refractivity contribution in [2.75, 3.05) is 39.5 Å². The molecule has 1 aromatic heterocycles. The lowest BCUT2D eigenvalue weighted by atomic mass is 10.1. The van der Waals surface area contributed by atoms with Gasteiger partial charge in [0.25, 0.3) is 5.91 Å². The molecule has 140 valence electrons. The molecule has 1 aliphatic heterocycles. The van der Waals surface area contributed by atoms with E-state index in [4.69, 9.17) is 13.9 Å². The second-order valence-corrected chi connectivity index (χ2v) is 6.60. The quantitative estimate of drug-likeness (QED) is 0.824. The number of aryl methyl sites for hydroxylation is 2. The van der Waals surface area contributed by atoms with Gasteiger partial charge in [-0.3, -0.25) is 9.69 Å². The summed E-state index contributed by atoms with van der Waals surface area (Å²) in [5.41, 5.74) is 2.23. The fraction of sp³-hybridized carbons (Fsp3) is 0.450. The predicted molar refractivity (Wildman–Crippen MR) is 98.3 cm³/mol. The summed E-state index contributed by atoms with van der Waals surface area (Å²) in [6, 6.07) is 9.74. The van der Waals surface area contributed by atoms with E-state index >= 15 is 0 Å². The molecule has 1 aromatic carbocycles. The molecule has 1 saturated heterocycles. The lowest BCUT2D eigenvalue weighted by molar-refractivity contribution is -0.123. The summed E-state index contributed by atoms with van der Waals surface area (Å²) in [6.07, 6.45) is 1.66. The van der Waals surface area contributed by atoms with Gasteiger partial charge in [-0.25, -0.2) is 0 Å². The number of rotatable bonds is 7. The Morgan fingerprint density at radius 3 is 2.62 bits per heavy atom. The maximum atomic E-state index is 12.2. The Morgan fingerprint density at radius 1 is 1.23 bits per heavy atom. The highest BCUT2D eigenvalue weighted by Gasteiger charge is 2.25. The number of benzene rings is 1. The van der Waals surface area contributed by atoms with E-state index in [1.807, 2.05) is 38.1 Å². The average molecular weight is 358 g/mol. The number of morpholine rings is 1. The fourth-order valence-electron chi connectivity index (χ4n) is 3.21. The maximum Gasteiger partial charge on any atom is 0.258 e. The Labute approximate surface area is 154 Å². The first-order valence-electron chi connectivity index (χ1n) is 8.95. The second-order valence-electron chi connectivity index (χ2n) is 6.60. The van der Waals surface area contributed by atoms with Crippen molar-refractivity contribution in [1.82, 2.24) is 10.2 Å². The topological polar surface area (TPSA) is 63.9 Å². The highest BCUT2D eigenvalue weighted by atomic mass is 16.5. The first-order chi connectivity index (χ1) is 12.6. The van der Waals surface area contributed by atoms with Gasteiger partial charge in [0.2, 0.25) is 0 Å². The van der Waals surface area contributed by atoms with Crippen LogP contribution in [-0.2, 0) is 9.53 Å². The maximum absolute atomic E-state index is 12.2. The highest BCUT2D eigenvalue weighted by molar-refractivity contribution is 5.77. The number of carbonyl (C=O) groups is 1. The van der Waals surface area contributed by atoms with Crippen LogP contribution in [0, 0.1) is 13.8 Å². The van der Waals surface area contributed by atoms with Crippen LogP contribution in [0.3, 0.4) is 0 Å². The largest absolute Gasteiger partial charge is 0.484 e. The van der Waals surface area contributed by atoms with E-state index < -0.39 is 0 Å². The van der Waals surface area contributed by atoms with E-state index in [0.29, 0.717) is 25.5 Å². The molecule has 6 nitrogen and oxygen atoms in total. The molecule has 0 bridgehead atoms. The van der Waals surface area contributed by atoms with Crippen molar-refractivity contribution in [2.45, 2.75) is 19.9 Å². The zero-order valence-electron chi connectivity index (χ0n) is 15.4. The van der Waals surface area contributed by atoms with Gasteiger partial charge in [0, 0.05) is 19.6 Å². The molecule has 3 rings (SSSR count). The molecule has 1 amide bonds. The smallest absolute Gasteiger partial charge is 0.258 e. The van der Waals surface area contributed by atoms with Crippen LogP contribution in [0.2, 0.25) is 0 Å². The summed E-state index contributed by atoms with van der Waals surface area (Å²) in [7, 11) is 0. The van der Waals surface area contributed by atoms with Crippen LogP contribution >= 0.6 is 0 Å². The zero-order chi connectivity index (χ0) is 18.4. The molecule has 6 heteroatoms. The van der Waals surface area contributed by atoms with Crippen molar-refractivity contribution in [3.63, 3.8) is 0 Å². The van der Waals surface area contributed by atoms with Crippen LogP contribution in [0.1, 0.15) is 22.9 Å². The summed E-state index contributed by atoms with van der Waals surface area (Å²) < 4.78 is 16.6. The molecular formula is C20H26N2O4. The average Bonchev–Trinajstić information content (AvgIpc) is 3.15. The van der Waals surface area contributed by atoms with Crippen molar-refractivity contribution >= 4 is 5.91 Å². The number of amides is 1. The van der Waals surface area contributed by atoms with Gasteiger partial charge in [0.1, 0.15) is 11.5 Å². The number of furan rings is 1. The minimum absolute atomic E-state index is 0.000867. The number of hydrogen-bond acceptors (Lipinski definition) is 5. The normalized spacial score (nSPS) is 16.2. The van der Waals surface area contributed by atoms with Gasteiger partial charge in [-0.15, -0.1) is 0 Å². The Kier molecular flexibility index (Phi) is 6.30. The summed E-state index contributed by atoms with van der Waals surface area (Å²) in [4.78, 5) is 14.5. The Bertz CT molecular complexity index is 688. The molecule has 1 N–H and O–H groups in total. The van der Waals surface area contributed by atoms with Crippen LogP contribution in [0.25, 0.3) is 0 Å². The van der Waals surface area contributed by atoms with Gasteiger partial charge < -0.3 is 19.2 Å². The molecule has 0 radical (unpaired) electrons. The third kappa shape index (κ3) is 5.09. The van der Waals surface area contributed by atoms with Crippen molar-refractivity contribution in [3.05, 3.63) is 53.5 Å². The van der Waals surface area contributed by atoms with Gasteiger partial charge in [-0.2, -0.15) is 0 Å². The molecule has 0 saturated carbocycles. The van der Waals surface area contributed by atoms with E-state index in [2.05, 4.69) is 16.3 Å². The van der Waals surface area contributed by atoms with Gasteiger partial charge in [-0.1, -0.05) is 6.07 Å². The van der Waals surface area contributed by atoms with Crippen molar-refractivity contribution in [3.8, 4) is 5.75 Å². The fourth-order valence-corrected chi connectivity index (χ4v) is 3.21. The van der Waals surface area contributed by atoms with Crippen LogP contribution in [0.4, 0.5) is 0 Å². The number of carbonyl (C=O) groups excluding carboxylic acids is 1. The van der Waals surface area contributed by atoms with E-state index in [-0.39, 0.29) is 18.6 Å². The number of hydrogen-bond donors (Lipinski definition) is 1. The minimum atomic E-state index is -0.144.